The van der Waals surface area contributed by atoms with Crippen molar-refractivity contribution in [3.8, 4) is 22.3 Å². The van der Waals surface area contributed by atoms with Gasteiger partial charge in [-0.05, 0) is 92.1 Å². The molecule has 0 atom stereocenters. The number of hydrogen-bond donors (Lipinski definition) is 0. The zero-order valence-electron chi connectivity index (χ0n) is 25.7. The first-order valence-corrected chi connectivity index (χ1v) is 15.6. The van der Waals surface area contributed by atoms with E-state index in [0.29, 0.717) is 6.54 Å². The summed E-state index contributed by atoms with van der Waals surface area (Å²) >= 11 is 0. The molecular formula is C44H35N. The van der Waals surface area contributed by atoms with Gasteiger partial charge in [-0.15, -0.1) is 0 Å². The van der Waals surface area contributed by atoms with Gasteiger partial charge in [-0.3, -0.25) is 4.99 Å². The van der Waals surface area contributed by atoms with E-state index >= 15 is 0 Å². The Morgan fingerprint density at radius 2 is 1.00 bits per heavy atom. The third-order valence-corrected chi connectivity index (χ3v) is 8.54. The van der Waals surface area contributed by atoms with Crippen molar-refractivity contribution in [3.05, 3.63) is 186 Å². The lowest BCUT2D eigenvalue weighted by Crippen LogP contribution is -1.99. The molecule has 0 aliphatic carbocycles. The molecule has 0 aromatic heterocycles. The van der Waals surface area contributed by atoms with E-state index in [-0.39, 0.29) is 0 Å². The van der Waals surface area contributed by atoms with Gasteiger partial charge >= 0.3 is 0 Å². The van der Waals surface area contributed by atoms with Crippen molar-refractivity contribution in [2.75, 3.05) is 0 Å². The second-order valence-corrected chi connectivity index (χ2v) is 11.7. The molecule has 7 aromatic rings. The minimum Gasteiger partial charge on any atom is -0.280 e. The third-order valence-electron chi connectivity index (χ3n) is 8.54. The fourth-order valence-electron chi connectivity index (χ4n) is 6.35. The Morgan fingerprint density at radius 1 is 0.511 bits per heavy atom. The minimum atomic E-state index is 0.639. The Labute approximate surface area is 265 Å². The van der Waals surface area contributed by atoms with Crippen LogP contribution < -0.4 is 0 Å². The van der Waals surface area contributed by atoms with Crippen LogP contribution in [-0.4, -0.2) is 5.71 Å². The van der Waals surface area contributed by atoms with E-state index in [4.69, 9.17) is 4.99 Å². The van der Waals surface area contributed by atoms with Crippen LogP contribution in [0.4, 0.5) is 0 Å². The highest BCUT2D eigenvalue weighted by Gasteiger charge is 2.17. The van der Waals surface area contributed by atoms with Gasteiger partial charge in [0.05, 0.1) is 12.3 Å². The number of rotatable bonds is 7. The van der Waals surface area contributed by atoms with Crippen LogP contribution in [0, 0.1) is 6.92 Å². The molecule has 0 saturated carbocycles. The van der Waals surface area contributed by atoms with Gasteiger partial charge in [0, 0.05) is 0 Å². The van der Waals surface area contributed by atoms with Crippen molar-refractivity contribution in [3.63, 3.8) is 0 Å². The third kappa shape index (κ3) is 5.86. The first-order chi connectivity index (χ1) is 22.2. The molecule has 0 unspecified atom stereocenters. The molecule has 0 spiro atoms. The van der Waals surface area contributed by atoms with Gasteiger partial charge in [0.1, 0.15) is 0 Å². The quantitative estimate of drug-likeness (QED) is 0.132. The molecule has 7 aromatic carbocycles. The fourth-order valence-corrected chi connectivity index (χ4v) is 6.35. The molecule has 0 amide bonds. The lowest BCUT2D eigenvalue weighted by molar-refractivity contribution is 1.07. The topological polar surface area (TPSA) is 12.4 Å². The number of hydrogen-bond acceptors (Lipinski definition) is 1. The Kier molecular flexibility index (Phi) is 7.91. The molecule has 0 aliphatic heterocycles. The van der Waals surface area contributed by atoms with Crippen molar-refractivity contribution >= 4 is 32.8 Å². The second kappa shape index (κ2) is 12.6. The molecule has 216 valence electrons. The molecular weight excluding hydrogens is 542 g/mol. The normalized spacial score (nSPS) is 12.1. The molecule has 0 N–H and O–H groups in total. The summed E-state index contributed by atoms with van der Waals surface area (Å²) in [6, 6.07) is 56.5. The highest BCUT2D eigenvalue weighted by atomic mass is 14.7. The lowest BCUT2D eigenvalue weighted by atomic mass is 9.85. The van der Waals surface area contributed by atoms with Crippen molar-refractivity contribution in [2.24, 2.45) is 4.99 Å². The highest BCUT2D eigenvalue weighted by molar-refractivity contribution is 6.21. The van der Waals surface area contributed by atoms with Gasteiger partial charge in [0.25, 0.3) is 0 Å². The maximum absolute atomic E-state index is 5.08. The summed E-state index contributed by atoms with van der Waals surface area (Å²) in [5.41, 5.74) is 12.0. The number of aliphatic imine (C=N–C) groups is 1. The molecule has 0 heterocycles. The van der Waals surface area contributed by atoms with E-state index in [9.17, 15) is 0 Å². The Hall–Kier alpha value is -5.53. The van der Waals surface area contributed by atoms with Gasteiger partial charge < -0.3 is 0 Å². The number of nitrogens with zero attached hydrogens (tertiary/aromatic N) is 1. The van der Waals surface area contributed by atoms with Crippen LogP contribution in [0.5, 0.6) is 0 Å². The number of aryl methyl sites for hydroxylation is 1. The van der Waals surface area contributed by atoms with E-state index in [0.717, 1.165) is 11.3 Å². The Bertz CT molecular complexity index is 2130. The summed E-state index contributed by atoms with van der Waals surface area (Å²) in [6.45, 7) is 5.00. The Morgan fingerprint density at radius 3 is 1.58 bits per heavy atom. The summed E-state index contributed by atoms with van der Waals surface area (Å²) < 4.78 is 0. The predicted octanol–water partition coefficient (Wildman–Crippen LogP) is 11.7. The van der Waals surface area contributed by atoms with E-state index in [2.05, 4.69) is 172 Å². The van der Waals surface area contributed by atoms with Crippen molar-refractivity contribution < 1.29 is 0 Å². The van der Waals surface area contributed by atoms with E-state index < -0.39 is 0 Å². The molecule has 45 heavy (non-hydrogen) atoms. The smallest absolute Gasteiger partial charge is 0.0653 e. The van der Waals surface area contributed by atoms with E-state index in [1.165, 1.54) is 66.1 Å². The molecule has 7 rings (SSSR count). The van der Waals surface area contributed by atoms with Crippen molar-refractivity contribution in [1.29, 1.82) is 0 Å². The van der Waals surface area contributed by atoms with Gasteiger partial charge in [-0.1, -0.05) is 157 Å². The zero-order chi connectivity index (χ0) is 30.6. The summed E-state index contributed by atoms with van der Waals surface area (Å²) in [5, 5.41) is 5.07. The summed E-state index contributed by atoms with van der Waals surface area (Å²) in [5.74, 6) is 0. The molecule has 1 nitrogen and oxygen atoms in total. The highest BCUT2D eigenvalue weighted by Crippen LogP contribution is 2.44. The first kappa shape index (κ1) is 28.3. The zero-order valence-corrected chi connectivity index (χ0v) is 25.7. The second-order valence-electron chi connectivity index (χ2n) is 11.7. The van der Waals surface area contributed by atoms with Crippen LogP contribution in [0.15, 0.2) is 169 Å². The Balaban J connectivity index is 1.37. The van der Waals surface area contributed by atoms with Crippen LogP contribution in [0.2, 0.25) is 0 Å². The number of fused-ring (bicyclic) bond motifs is 2. The standard InChI is InChI=1S/C44H35N/c1-31-15-13-21-36(27-31)43-38-23-9-11-25-40(38)44(41-26-12-10-24-39(41)43)37-22-14-20-35(29-37)32(2)28-42(34-18-7-4-8-19-34)45-30-33-16-5-3-6-17-33/h3-29H,30H2,1-2H3/b32-28+,45-42?. The first-order valence-electron chi connectivity index (χ1n) is 15.6. The summed E-state index contributed by atoms with van der Waals surface area (Å²) in [4.78, 5) is 5.08. The largest absolute Gasteiger partial charge is 0.280 e. The van der Waals surface area contributed by atoms with Gasteiger partial charge in [0.2, 0.25) is 0 Å². The SMILES string of the molecule is C/C(=C\C(=NCc1ccccc1)c1ccccc1)c1cccc(-c2c3ccccc3c(-c3cccc(C)c3)c3ccccc23)c1. The van der Waals surface area contributed by atoms with Gasteiger partial charge in [-0.25, -0.2) is 0 Å². The average Bonchev–Trinajstić information content (AvgIpc) is 3.09. The van der Waals surface area contributed by atoms with Gasteiger partial charge in [0.15, 0.2) is 0 Å². The van der Waals surface area contributed by atoms with Crippen molar-refractivity contribution in [2.45, 2.75) is 20.4 Å². The monoisotopic (exact) mass is 577 g/mol. The maximum atomic E-state index is 5.08. The molecule has 0 radical (unpaired) electrons. The van der Waals surface area contributed by atoms with Crippen LogP contribution in [-0.2, 0) is 6.54 Å². The number of allylic oxidation sites excluding steroid dienone is 2. The van der Waals surface area contributed by atoms with Crippen LogP contribution in [0.25, 0.3) is 49.4 Å². The fraction of sp³-hybridized carbons (Fsp3) is 0.0682. The van der Waals surface area contributed by atoms with E-state index in [1.807, 2.05) is 6.07 Å². The average molecular weight is 578 g/mol. The molecule has 0 bridgehead atoms. The molecule has 1 heteroatoms. The van der Waals surface area contributed by atoms with Gasteiger partial charge in [-0.2, -0.15) is 0 Å². The van der Waals surface area contributed by atoms with Crippen LogP contribution >= 0.6 is 0 Å². The minimum absolute atomic E-state index is 0.639. The molecule has 0 aliphatic rings. The molecule has 0 saturated heterocycles. The predicted molar refractivity (Wildman–Crippen MR) is 194 cm³/mol. The van der Waals surface area contributed by atoms with Crippen molar-refractivity contribution in [1.82, 2.24) is 0 Å². The molecule has 0 fully saturated rings. The summed E-state index contributed by atoms with van der Waals surface area (Å²) in [6.07, 6.45) is 2.23. The lowest BCUT2D eigenvalue weighted by Gasteiger charge is -2.18. The van der Waals surface area contributed by atoms with Crippen LogP contribution in [0.3, 0.4) is 0 Å². The maximum Gasteiger partial charge on any atom is 0.0653 e. The van der Waals surface area contributed by atoms with E-state index in [1.54, 1.807) is 0 Å². The number of benzene rings is 7. The summed E-state index contributed by atoms with van der Waals surface area (Å²) in [7, 11) is 0. The van der Waals surface area contributed by atoms with Crippen LogP contribution in [0.1, 0.15) is 29.2 Å².